The number of halogens is 1. The molecule has 0 aliphatic carbocycles. The first-order valence-corrected chi connectivity index (χ1v) is 18.3. The molecule has 1 aliphatic rings. The number of carbonyl (C=O) groups excluding carboxylic acids is 1. The highest BCUT2D eigenvalue weighted by Gasteiger charge is 2.26. The highest BCUT2D eigenvalue weighted by atomic mass is 19.1. The number of benzene rings is 3. The zero-order chi connectivity index (χ0) is 37.3. The van der Waals surface area contributed by atoms with Gasteiger partial charge in [-0.05, 0) is 48.9 Å². The second-order valence-electron chi connectivity index (χ2n) is 13.5. The van der Waals surface area contributed by atoms with Crippen molar-refractivity contribution in [3.63, 3.8) is 0 Å². The van der Waals surface area contributed by atoms with E-state index >= 15 is 0 Å². The summed E-state index contributed by atoms with van der Waals surface area (Å²) >= 11 is 0. The highest BCUT2D eigenvalue weighted by Crippen LogP contribution is 2.30. The zero-order valence-electron chi connectivity index (χ0n) is 30.4. The average molecular weight is 733 g/mol. The van der Waals surface area contributed by atoms with E-state index in [1.807, 2.05) is 71.3 Å². The number of carbonyl (C=O) groups is 1. The van der Waals surface area contributed by atoms with Crippen LogP contribution in [-0.2, 0) is 17.6 Å². The van der Waals surface area contributed by atoms with Gasteiger partial charge in [0.2, 0.25) is 5.88 Å². The Kier molecular flexibility index (Phi) is 12.1. The number of likely N-dealkylation sites (N-methyl/N-ethyl adjacent to an activating group) is 1. The van der Waals surface area contributed by atoms with Crippen molar-refractivity contribution in [3.8, 4) is 17.1 Å². The average Bonchev–Trinajstić information content (AvgIpc) is 3.85. The molecular formula is C42H45FN6O5. The van der Waals surface area contributed by atoms with Crippen LogP contribution in [0.1, 0.15) is 40.9 Å². The number of rotatable bonds is 15. The maximum Gasteiger partial charge on any atom is 0.416 e. The highest BCUT2D eigenvalue weighted by molar-refractivity contribution is 5.72. The van der Waals surface area contributed by atoms with E-state index in [0.717, 1.165) is 42.9 Å². The first-order chi connectivity index (χ1) is 26.4. The molecule has 3 aromatic carbocycles. The molecule has 1 unspecified atom stereocenters. The Bertz CT molecular complexity index is 2090. The van der Waals surface area contributed by atoms with Gasteiger partial charge < -0.3 is 23.9 Å². The molecule has 1 atom stereocenters. The summed E-state index contributed by atoms with van der Waals surface area (Å²) in [6, 6.07) is 29.4. The number of fused-ring (bicyclic) bond motifs is 1. The van der Waals surface area contributed by atoms with Gasteiger partial charge in [-0.2, -0.15) is 0 Å². The van der Waals surface area contributed by atoms with Crippen molar-refractivity contribution in [1.29, 1.82) is 0 Å². The third-order valence-corrected chi connectivity index (χ3v) is 9.66. The predicted octanol–water partition coefficient (Wildman–Crippen LogP) is 6.46. The van der Waals surface area contributed by atoms with Crippen LogP contribution < -0.4 is 4.74 Å². The molecule has 0 spiro atoms. The van der Waals surface area contributed by atoms with Crippen LogP contribution >= 0.6 is 0 Å². The van der Waals surface area contributed by atoms with Gasteiger partial charge in [-0.15, -0.1) is 0 Å². The Morgan fingerprint density at radius 3 is 2.35 bits per heavy atom. The van der Waals surface area contributed by atoms with Crippen LogP contribution in [-0.4, -0.2) is 99.8 Å². The molecule has 1 saturated heterocycles. The van der Waals surface area contributed by atoms with Crippen molar-refractivity contribution in [2.45, 2.75) is 25.5 Å². The van der Waals surface area contributed by atoms with E-state index < -0.39 is 12.3 Å². The number of furan rings is 1. The number of hydrogen-bond acceptors (Lipinski definition) is 9. The summed E-state index contributed by atoms with van der Waals surface area (Å²) in [6.45, 7) is 4.91. The van der Waals surface area contributed by atoms with Crippen molar-refractivity contribution in [1.82, 2.24) is 29.1 Å². The topological polar surface area (TPSA) is 109 Å². The number of amides is 1. The van der Waals surface area contributed by atoms with E-state index in [4.69, 9.17) is 23.9 Å². The van der Waals surface area contributed by atoms with Crippen LogP contribution in [0.15, 0.2) is 114 Å². The van der Waals surface area contributed by atoms with Gasteiger partial charge in [0.15, 0.2) is 5.65 Å². The molecule has 0 saturated carbocycles. The summed E-state index contributed by atoms with van der Waals surface area (Å²) in [6.07, 6.45) is 3.50. The molecule has 12 heteroatoms. The first-order valence-electron chi connectivity index (χ1n) is 18.3. The van der Waals surface area contributed by atoms with Crippen LogP contribution in [0.4, 0.5) is 9.18 Å². The number of aromatic nitrogens is 3. The lowest BCUT2D eigenvalue weighted by molar-refractivity contribution is 0.0148. The fraction of sp³-hybridized carbons (Fsp3) is 0.310. The quantitative estimate of drug-likeness (QED) is 0.119. The van der Waals surface area contributed by atoms with Gasteiger partial charge in [0, 0.05) is 57.4 Å². The van der Waals surface area contributed by atoms with Gasteiger partial charge in [0.25, 0.3) is 0 Å². The fourth-order valence-electron chi connectivity index (χ4n) is 6.63. The predicted molar refractivity (Wildman–Crippen MR) is 203 cm³/mol. The molecule has 7 rings (SSSR count). The molecule has 11 nitrogen and oxygen atoms in total. The van der Waals surface area contributed by atoms with Gasteiger partial charge >= 0.3 is 6.09 Å². The molecule has 54 heavy (non-hydrogen) atoms. The molecule has 1 amide bonds. The maximum atomic E-state index is 14.4. The smallest absolute Gasteiger partial charge is 0.416 e. The molecule has 0 radical (unpaired) electrons. The monoisotopic (exact) mass is 732 g/mol. The molecule has 1 fully saturated rings. The van der Waals surface area contributed by atoms with Crippen molar-refractivity contribution >= 4 is 11.7 Å². The van der Waals surface area contributed by atoms with Crippen molar-refractivity contribution in [3.05, 3.63) is 144 Å². The minimum Gasteiger partial charge on any atom is -0.469 e. The lowest BCUT2D eigenvalue weighted by Gasteiger charge is -2.30. The summed E-state index contributed by atoms with van der Waals surface area (Å²) in [5, 5.41) is 11.0. The maximum absolute atomic E-state index is 14.4. The second kappa shape index (κ2) is 17.6. The number of morpholine rings is 1. The molecule has 1 aliphatic heterocycles. The van der Waals surface area contributed by atoms with Gasteiger partial charge in [0.05, 0.1) is 37.3 Å². The second-order valence-corrected chi connectivity index (χ2v) is 13.5. The summed E-state index contributed by atoms with van der Waals surface area (Å²) in [4.78, 5) is 30.2. The summed E-state index contributed by atoms with van der Waals surface area (Å²) < 4.78 is 33.1. The third kappa shape index (κ3) is 9.20. The van der Waals surface area contributed by atoms with E-state index in [9.17, 15) is 14.3 Å². The summed E-state index contributed by atoms with van der Waals surface area (Å²) in [7, 11) is 1.77. The number of aliphatic hydroxyl groups excluding tert-OH is 1. The van der Waals surface area contributed by atoms with E-state index in [1.165, 1.54) is 12.1 Å². The largest absolute Gasteiger partial charge is 0.469 e. The van der Waals surface area contributed by atoms with Crippen molar-refractivity contribution in [2.75, 3.05) is 59.5 Å². The summed E-state index contributed by atoms with van der Waals surface area (Å²) in [5.74, 6) is 0.592. The lowest BCUT2D eigenvalue weighted by atomic mass is 10.1. The molecule has 0 bridgehead atoms. The van der Waals surface area contributed by atoms with Gasteiger partial charge in [-0.25, -0.2) is 19.2 Å². The molecule has 4 heterocycles. The fourth-order valence-corrected chi connectivity index (χ4v) is 6.63. The first kappa shape index (κ1) is 36.9. The molecule has 3 aromatic heterocycles. The molecule has 6 aromatic rings. The number of aliphatic hydroxyl groups is 1. The van der Waals surface area contributed by atoms with E-state index in [-0.39, 0.29) is 18.2 Å². The number of hydrogen-bond donors (Lipinski definition) is 1. The minimum atomic E-state index is -0.984. The standard InChI is InChI=1S/C42H45FN6O5/c1-46(40(50)33-15-17-34(43)18-16-33)21-22-48(20-9-19-47-23-26-52-27-24-47)42(51)54-41-37(29-35-14-8-25-53-35)45-39-36(28-31-10-4-2-5-11-31)44-38(30-49(39)41)32-12-6-3-7-13-32/h2-8,10-18,25,30,40,50H,9,19-24,26-29H2,1H3. The van der Waals surface area contributed by atoms with Crippen LogP contribution in [0.2, 0.25) is 0 Å². The third-order valence-electron chi connectivity index (χ3n) is 9.66. The Labute approximate surface area is 314 Å². The molecule has 280 valence electrons. The Morgan fingerprint density at radius 2 is 1.63 bits per heavy atom. The normalized spacial score (nSPS) is 14.1. The van der Waals surface area contributed by atoms with Crippen LogP contribution in [0.5, 0.6) is 5.88 Å². The number of ether oxygens (including phenoxy) is 2. The van der Waals surface area contributed by atoms with Crippen molar-refractivity contribution < 1.29 is 28.2 Å². The lowest BCUT2D eigenvalue weighted by Crippen LogP contribution is -2.42. The molecule has 1 N–H and O–H groups in total. The van der Waals surface area contributed by atoms with Gasteiger partial charge in [-0.3, -0.25) is 14.2 Å². The number of nitrogens with zero attached hydrogens (tertiary/aromatic N) is 6. The van der Waals surface area contributed by atoms with Crippen LogP contribution in [0, 0.1) is 5.82 Å². The van der Waals surface area contributed by atoms with Crippen LogP contribution in [0.3, 0.4) is 0 Å². The SMILES string of the molecule is CN(CCN(CCCN1CCOCC1)C(=O)Oc1c(Cc2ccco2)nc2c(Cc3ccccc3)nc(-c3ccccc3)cn12)C(O)c1ccc(F)cc1. The summed E-state index contributed by atoms with van der Waals surface area (Å²) in [5.41, 5.74) is 5.13. The molecular weight excluding hydrogens is 687 g/mol. The van der Waals surface area contributed by atoms with Crippen LogP contribution in [0.25, 0.3) is 16.9 Å². The Morgan fingerprint density at radius 1 is 0.889 bits per heavy atom. The minimum absolute atomic E-state index is 0.275. The van der Waals surface area contributed by atoms with E-state index in [2.05, 4.69) is 17.0 Å². The van der Waals surface area contributed by atoms with Crippen molar-refractivity contribution in [2.24, 2.45) is 0 Å². The Hall–Kier alpha value is -5.40. The number of imidazole rings is 1. The van der Waals surface area contributed by atoms with E-state index in [0.29, 0.717) is 67.5 Å². The Balaban J connectivity index is 1.21. The zero-order valence-corrected chi connectivity index (χ0v) is 30.4. The van der Waals surface area contributed by atoms with Gasteiger partial charge in [0.1, 0.15) is 23.5 Å². The van der Waals surface area contributed by atoms with Gasteiger partial charge in [-0.1, -0.05) is 72.8 Å². The van der Waals surface area contributed by atoms with E-state index in [1.54, 1.807) is 35.2 Å².